The SMILES string of the molecule is O=C1CCC[C@@H]1[C@H]1COCCN1S(=O)(=O)c1cccc(F)c1. The van der Waals surface area contributed by atoms with Gasteiger partial charge in [-0.1, -0.05) is 6.07 Å². The first-order chi connectivity index (χ1) is 10.5. The van der Waals surface area contributed by atoms with Crippen LogP contribution in [0.1, 0.15) is 19.3 Å². The van der Waals surface area contributed by atoms with Crippen LogP contribution in [-0.4, -0.2) is 44.3 Å². The Balaban J connectivity index is 1.94. The van der Waals surface area contributed by atoms with Crippen LogP contribution in [0.4, 0.5) is 4.39 Å². The van der Waals surface area contributed by atoms with E-state index in [0.717, 1.165) is 12.5 Å². The maximum absolute atomic E-state index is 13.4. The van der Waals surface area contributed by atoms with Crippen LogP contribution in [0.3, 0.4) is 0 Å². The monoisotopic (exact) mass is 327 g/mol. The predicted octanol–water partition coefficient (Wildman–Crippen LogP) is 1.58. The second-order valence-electron chi connectivity index (χ2n) is 5.68. The first-order valence-electron chi connectivity index (χ1n) is 7.38. The smallest absolute Gasteiger partial charge is 0.243 e. The molecule has 1 aromatic carbocycles. The van der Waals surface area contributed by atoms with E-state index in [1.807, 2.05) is 0 Å². The Kier molecular flexibility index (Phi) is 4.29. The minimum absolute atomic E-state index is 0.0788. The maximum Gasteiger partial charge on any atom is 0.243 e. The van der Waals surface area contributed by atoms with E-state index >= 15 is 0 Å². The van der Waals surface area contributed by atoms with Crippen LogP contribution in [0.2, 0.25) is 0 Å². The van der Waals surface area contributed by atoms with E-state index in [-0.39, 0.29) is 36.4 Å². The molecule has 0 bridgehead atoms. The number of nitrogens with zero attached hydrogens (tertiary/aromatic N) is 1. The van der Waals surface area contributed by atoms with Crippen molar-refractivity contribution >= 4 is 15.8 Å². The molecule has 0 spiro atoms. The number of carbonyl (C=O) groups excluding carboxylic acids is 1. The van der Waals surface area contributed by atoms with Gasteiger partial charge in [-0.05, 0) is 31.0 Å². The van der Waals surface area contributed by atoms with Crippen molar-refractivity contribution in [3.63, 3.8) is 0 Å². The third-order valence-corrected chi connectivity index (χ3v) is 6.25. The molecule has 1 saturated heterocycles. The van der Waals surface area contributed by atoms with Gasteiger partial charge in [0.25, 0.3) is 0 Å². The summed E-state index contributed by atoms with van der Waals surface area (Å²) in [6, 6.07) is 4.48. The van der Waals surface area contributed by atoms with Crippen molar-refractivity contribution in [1.29, 1.82) is 0 Å². The van der Waals surface area contributed by atoms with Gasteiger partial charge in [0.05, 0.1) is 24.2 Å². The van der Waals surface area contributed by atoms with Crippen molar-refractivity contribution in [3.8, 4) is 0 Å². The Morgan fingerprint density at radius 3 is 2.82 bits per heavy atom. The highest BCUT2D eigenvalue weighted by atomic mass is 32.2. The molecular weight excluding hydrogens is 309 g/mol. The summed E-state index contributed by atoms with van der Waals surface area (Å²) >= 11 is 0. The minimum atomic E-state index is -3.83. The number of halogens is 1. The second-order valence-corrected chi connectivity index (χ2v) is 7.57. The zero-order chi connectivity index (χ0) is 15.7. The number of morpholine rings is 1. The molecule has 0 unspecified atom stereocenters. The lowest BCUT2D eigenvalue weighted by molar-refractivity contribution is -0.123. The summed E-state index contributed by atoms with van der Waals surface area (Å²) in [4.78, 5) is 11.9. The Hall–Kier alpha value is -1.31. The fraction of sp³-hybridized carbons (Fsp3) is 0.533. The van der Waals surface area contributed by atoms with E-state index in [0.29, 0.717) is 12.8 Å². The lowest BCUT2D eigenvalue weighted by atomic mass is 9.97. The summed E-state index contributed by atoms with van der Waals surface area (Å²) in [7, 11) is -3.83. The Morgan fingerprint density at radius 1 is 1.32 bits per heavy atom. The average molecular weight is 327 g/mol. The topological polar surface area (TPSA) is 63.7 Å². The Morgan fingerprint density at radius 2 is 2.14 bits per heavy atom. The molecule has 7 heteroatoms. The molecule has 2 aliphatic rings. The summed E-state index contributed by atoms with van der Waals surface area (Å²) in [6.45, 7) is 0.685. The van der Waals surface area contributed by atoms with Crippen molar-refractivity contribution in [2.45, 2.75) is 30.2 Å². The van der Waals surface area contributed by atoms with Crippen LogP contribution in [0, 0.1) is 11.7 Å². The molecule has 0 amide bonds. The van der Waals surface area contributed by atoms with E-state index in [2.05, 4.69) is 0 Å². The summed E-state index contributed by atoms with van der Waals surface area (Å²) in [5, 5.41) is 0. The number of hydrogen-bond donors (Lipinski definition) is 0. The van der Waals surface area contributed by atoms with Gasteiger partial charge in [-0.25, -0.2) is 12.8 Å². The number of benzene rings is 1. The quantitative estimate of drug-likeness (QED) is 0.846. The van der Waals surface area contributed by atoms with E-state index in [9.17, 15) is 17.6 Å². The minimum Gasteiger partial charge on any atom is -0.378 e. The fourth-order valence-electron chi connectivity index (χ4n) is 3.24. The van der Waals surface area contributed by atoms with E-state index in [1.165, 1.54) is 22.5 Å². The third-order valence-electron chi connectivity index (χ3n) is 4.33. The normalized spacial score (nSPS) is 27.2. The molecular formula is C15H18FNO4S. The van der Waals surface area contributed by atoms with Crippen molar-refractivity contribution in [2.75, 3.05) is 19.8 Å². The van der Waals surface area contributed by atoms with Gasteiger partial charge in [0.15, 0.2) is 0 Å². The van der Waals surface area contributed by atoms with Gasteiger partial charge < -0.3 is 4.74 Å². The molecule has 1 saturated carbocycles. The highest BCUT2D eigenvalue weighted by molar-refractivity contribution is 7.89. The molecule has 120 valence electrons. The van der Waals surface area contributed by atoms with Crippen LogP contribution in [0.25, 0.3) is 0 Å². The van der Waals surface area contributed by atoms with Crippen LogP contribution in [0.15, 0.2) is 29.2 Å². The third kappa shape index (κ3) is 2.80. The predicted molar refractivity (Wildman–Crippen MR) is 77.2 cm³/mol. The molecule has 5 nitrogen and oxygen atoms in total. The maximum atomic E-state index is 13.4. The van der Waals surface area contributed by atoms with Gasteiger partial charge in [0.2, 0.25) is 10.0 Å². The fourth-order valence-corrected chi connectivity index (χ4v) is 4.90. The van der Waals surface area contributed by atoms with Crippen molar-refractivity contribution in [2.24, 2.45) is 5.92 Å². The highest BCUT2D eigenvalue weighted by Crippen LogP contribution is 2.32. The zero-order valence-corrected chi connectivity index (χ0v) is 12.9. The number of carbonyl (C=O) groups is 1. The molecule has 1 aliphatic heterocycles. The zero-order valence-electron chi connectivity index (χ0n) is 12.1. The molecule has 0 aromatic heterocycles. The number of ketones is 1. The second kappa shape index (κ2) is 6.06. The van der Waals surface area contributed by atoms with Crippen LogP contribution in [0.5, 0.6) is 0 Å². The van der Waals surface area contributed by atoms with Gasteiger partial charge >= 0.3 is 0 Å². The summed E-state index contributed by atoms with van der Waals surface area (Å²) in [5.41, 5.74) is 0. The molecule has 1 aromatic rings. The van der Waals surface area contributed by atoms with Crippen molar-refractivity contribution in [3.05, 3.63) is 30.1 Å². The summed E-state index contributed by atoms with van der Waals surface area (Å²) < 4.78 is 45.7. The van der Waals surface area contributed by atoms with E-state index < -0.39 is 21.9 Å². The summed E-state index contributed by atoms with van der Waals surface area (Å²) in [6.07, 6.45) is 1.96. The largest absolute Gasteiger partial charge is 0.378 e. The first kappa shape index (κ1) is 15.6. The van der Waals surface area contributed by atoms with Crippen LogP contribution < -0.4 is 0 Å². The number of sulfonamides is 1. The molecule has 3 rings (SSSR count). The van der Waals surface area contributed by atoms with Crippen LogP contribution in [-0.2, 0) is 19.6 Å². The Bertz CT molecular complexity index is 676. The van der Waals surface area contributed by atoms with E-state index in [4.69, 9.17) is 4.74 Å². The Labute approximate surface area is 129 Å². The van der Waals surface area contributed by atoms with Gasteiger partial charge in [-0.15, -0.1) is 0 Å². The molecule has 1 heterocycles. The van der Waals surface area contributed by atoms with Crippen molar-refractivity contribution in [1.82, 2.24) is 4.31 Å². The molecule has 0 N–H and O–H groups in total. The number of rotatable bonds is 3. The summed E-state index contributed by atoms with van der Waals surface area (Å²) in [5.74, 6) is -0.818. The molecule has 2 atom stereocenters. The standard InChI is InChI=1S/C15H18FNO4S/c16-11-3-1-4-12(9-11)22(19,20)17-7-8-21-10-14(17)13-5-2-6-15(13)18/h1,3-4,9,13-14H,2,5-8,10H2/t13-,14-/m1/s1. The lowest BCUT2D eigenvalue weighted by Gasteiger charge is -2.37. The molecule has 2 fully saturated rings. The van der Waals surface area contributed by atoms with Gasteiger partial charge in [0, 0.05) is 18.9 Å². The van der Waals surface area contributed by atoms with E-state index in [1.54, 1.807) is 0 Å². The van der Waals surface area contributed by atoms with Crippen molar-refractivity contribution < 1.29 is 22.3 Å². The highest BCUT2D eigenvalue weighted by Gasteiger charge is 2.42. The van der Waals surface area contributed by atoms with Gasteiger partial charge in [0.1, 0.15) is 11.6 Å². The lowest BCUT2D eigenvalue weighted by Crippen LogP contribution is -2.52. The number of hydrogen-bond acceptors (Lipinski definition) is 4. The van der Waals surface area contributed by atoms with Gasteiger partial charge in [-0.2, -0.15) is 4.31 Å². The van der Waals surface area contributed by atoms with Crippen LogP contribution >= 0.6 is 0 Å². The molecule has 0 radical (unpaired) electrons. The number of Topliss-reactive ketones (excluding diaryl/α,β-unsaturated/α-hetero) is 1. The number of ether oxygens (including phenoxy) is 1. The van der Waals surface area contributed by atoms with Gasteiger partial charge in [-0.3, -0.25) is 4.79 Å². The molecule has 22 heavy (non-hydrogen) atoms. The average Bonchev–Trinajstić information content (AvgIpc) is 2.93. The molecule has 1 aliphatic carbocycles. The first-order valence-corrected chi connectivity index (χ1v) is 8.82.